The summed E-state index contributed by atoms with van der Waals surface area (Å²) in [6, 6.07) is 10.4. The second kappa shape index (κ2) is 5.52. The molecule has 0 unspecified atom stereocenters. The van der Waals surface area contributed by atoms with Gasteiger partial charge in [0.05, 0.1) is 11.4 Å². The summed E-state index contributed by atoms with van der Waals surface area (Å²) in [5.74, 6) is 0. The molecule has 0 saturated heterocycles. The minimum Gasteiger partial charge on any atom is -0.326 e. The fourth-order valence-electron chi connectivity index (χ4n) is 2.78. The number of aromatic nitrogens is 3. The Morgan fingerprint density at radius 1 is 1.14 bits per heavy atom. The van der Waals surface area contributed by atoms with Crippen LogP contribution < -0.4 is 4.57 Å². The van der Waals surface area contributed by atoms with Gasteiger partial charge in [-0.15, -0.1) is 0 Å². The van der Waals surface area contributed by atoms with E-state index in [9.17, 15) is 0 Å². The van der Waals surface area contributed by atoms with E-state index in [1.807, 2.05) is 41.4 Å². The summed E-state index contributed by atoms with van der Waals surface area (Å²) in [5.41, 5.74) is 6.07. The minimum absolute atomic E-state index is 0.734. The van der Waals surface area contributed by atoms with Crippen molar-refractivity contribution >= 4 is 0 Å². The summed E-state index contributed by atoms with van der Waals surface area (Å²) in [4.78, 5) is 4.35. The van der Waals surface area contributed by atoms with Crippen molar-refractivity contribution in [1.29, 1.82) is 0 Å². The van der Waals surface area contributed by atoms with Gasteiger partial charge in [0, 0.05) is 18.6 Å². The fourth-order valence-corrected chi connectivity index (χ4v) is 2.78. The van der Waals surface area contributed by atoms with Crippen LogP contribution in [0.5, 0.6) is 0 Å². The number of nitrogens with zero attached hydrogens (tertiary/aromatic N) is 3. The van der Waals surface area contributed by atoms with Gasteiger partial charge in [-0.1, -0.05) is 23.8 Å². The van der Waals surface area contributed by atoms with Crippen molar-refractivity contribution in [3.05, 3.63) is 77.6 Å². The molecule has 0 N–H and O–H groups in total. The molecule has 0 aliphatic carbocycles. The van der Waals surface area contributed by atoms with Crippen molar-refractivity contribution in [2.45, 2.75) is 27.3 Å². The first-order valence-electron chi connectivity index (χ1n) is 7.12. The zero-order valence-electron chi connectivity index (χ0n) is 12.7. The van der Waals surface area contributed by atoms with Gasteiger partial charge in [-0.05, 0) is 44.0 Å². The molecule has 0 fully saturated rings. The third kappa shape index (κ3) is 2.87. The van der Waals surface area contributed by atoms with Crippen LogP contribution in [0.4, 0.5) is 0 Å². The maximum Gasteiger partial charge on any atom is 0.243 e. The third-order valence-corrected chi connectivity index (χ3v) is 3.57. The average molecular weight is 277 g/mol. The largest absolute Gasteiger partial charge is 0.326 e. The molecule has 0 amide bonds. The second-order valence-corrected chi connectivity index (χ2v) is 5.46. The van der Waals surface area contributed by atoms with E-state index in [0.717, 1.165) is 12.2 Å². The topological polar surface area (TPSA) is 21.7 Å². The molecule has 106 valence electrons. The molecule has 3 aromatic rings. The van der Waals surface area contributed by atoms with Crippen LogP contribution in [-0.2, 0) is 6.54 Å². The van der Waals surface area contributed by atoms with Crippen molar-refractivity contribution in [1.82, 2.24) is 9.55 Å². The summed E-state index contributed by atoms with van der Waals surface area (Å²) in [5, 5.41) is 0. The van der Waals surface area contributed by atoms with E-state index in [1.54, 1.807) is 0 Å². The summed E-state index contributed by atoms with van der Waals surface area (Å²) in [7, 11) is 0. The van der Waals surface area contributed by atoms with E-state index in [1.165, 1.54) is 22.4 Å². The van der Waals surface area contributed by atoms with E-state index in [-0.39, 0.29) is 0 Å². The Hall–Kier alpha value is -2.42. The summed E-state index contributed by atoms with van der Waals surface area (Å²) in [6.45, 7) is 7.15. The third-order valence-electron chi connectivity index (χ3n) is 3.57. The van der Waals surface area contributed by atoms with E-state index < -0.39 is 0 Å². The highest BCUT2D eigenvalue weighted by atomic mass is 15.1. The molecular weight excluding hydrogens is 258 g/mol. The maximum absolute atomic E-state index is 4.35. The lowest BCUT2D eigenvalue weighted by atomic mass is 10.1. The Labute approximate surface area is 125 Å². The molecular formula is C18H19N3. The molecule has 2 heterocycles. The van der Waals surface area contributed by atoms with Crippen molar-refractivity contribution in [2.75, 3.05) is 0 Å². The van der Waals surface area contributed by atoms with Crippen LogP contribution in [0.1, 0.15) is 22.4 Å². The average Bonchev–Trinajstić information content (AvgIpc) is 2.87. The Morgan fingerprint density at radius 2 is 1.90 bits per heavy atom. The number of aryl methyl sites for hydroxylation is 3. The van der Waals surface area contributed by atoms with Gasteiger partial charge in [-0.25, -0.2) is 0 Å². The molecule has 0 bridgehead atoms. The van der Waals surface area contributed by atoms with Crippen LogP contribution in [0.15, 0.2) is 48.9 Å². The van der Waals surface area contributed by atoms with Crippen molar-refractivity contribution in [3.8, 4) is 5.69 Å². The van der Waals surface area contributed by atoms with Crippen LogP contribution in [0.3, 0.4) is 0 Å². The molecule has 2 aromatic heterocycles. The molecule has 0 aliphatic heterocycles. The van der Waals surface area contributed by atoms with Crippen molar-refractivity contribution in [2.24, 2.45) is 0 Å². The molecule has 0 saturated carbocycles. The number of pyridine rings is 1. The van der Waals surface area contributed by atoms with Gasteiger partial charge in [-0.2, -0.15) is 0 Å². The fraction of sp³-hybridized carbons (Fsp3) is 0.222. The zero-order chi connectivity index (χ0) is 14.8. The number of imidazole rings is 1. The number of hydrogen-bond donors (Lipinski definition) is 0. The van der Waals surface area contributed by atoms with Crippen LogP contribution in [0.2, 0.25) is 0 Å². The molecule has 0 atom stereocenters. The molecule has 1 aromatic carbocycles. The van der Waals surface area contributed by atoms with Crippen LogP contribution in [0, 0.1) is 27.1 Å². The molecule has 0 aliphatic rings. The highest BCUT2D eigenvalue weighted by Crippen LogP contribution is 2.16. The number of rotatable bonds is 3. The van der Waals surface area contributed by atoms with Crippen molar-refractivity contribution in [3.63, 3.8) is 0 Å². The smallest absolute Gasteiger partial charge is 0.243 e. The highest BCUT2D eigenvalue weighted by Gasteiger charge is 2.07. The zero-order valence-corrected chi connectivity index (χ0v) is 12.7. The molecule has 3 nitrogen and oxygen atoms in total. The summed E-state index contributed by atoms with van der Waals surface area (Å²) in [6.07, 6.45) is 9.28. The highest BCUT2D eigenvalue weighted by molar-refractivity contribution is 5.43. The summed E-state index contributed by atoms with van der Waals surface area (Å²) < 4.78 is 4.09. The lowest BCUT2D eigenvalue weighted by molar-refractivity contribution is -0.600. The van der Waals surface area contributed by atoms with Crippen LogP contribution in [0.25, 0.3) is 5.69 Å². The standard InChI is InChI=1S/C18H19N3/c1-14-10-15(2)18(16(3)11-14)21-9-8-20(13-21)12-17-6-4-5-7-19-17/h4-11H,12H2,1-3H3. The first-order chi connectivity index (χ1) is 10.1. The van der Waals surface area contributed by atoms with E-state index in [4.69, 9.17) is 0 Å². The predicted octanol–water partition coefficient (Wildman–Crippen LogP) is 2.93. The molecule has 0 radical (unpaired) electrons. The van der Waals surface area contributed by atoms with E-state index >= 15 is 0 Å². The van der Waals surface area contributed by atoms with Gasteiger partial charge >= 0.3 is 0 Å². The molecule has 21 heavy (non-hydrogen) atoms. The normalized spacial score (nSPS) is 10.8. The van der Waals surface area contributed by atoms with Crippen LogP contribution in [-0.4, -0.2) is 9.55 Å². The van der Waals surface area contributed by atoms with E-state index in [0.29, 0.717) is 0 Å². The van der Waals surface area contributed by atoms with Gasteiger partial charge in [-0.3, -0.25) is 4.98 Å². The molecule has 3 heteroatoms. The van der Waals surface area contributed by atoms with Gasteiger partial charge in [0.25, 0.3) is 0 Å². The van der Waals surface area contributed by atoms with Gasteiger partial charge in [0.15, 0.2) is 0 Å². The van der Waals surface area contributed by atoms with Crippen LogP contribution >= 0.6 is 0 Å². The SMILES string of the molecule is Cc1cc(C)c(-[n+]2[c-]n(Cc3ccccn3)cc2)c(C)c1. The van der Waals surface area contributed by atoms with Crippen molar-refractivity contribution < 1.29 is 4.57 Å². The predicted molar refractivity (Wildman–Crippen MR) is 82.4 cm³/mol. The molecule has 3 rings (SSSR count). The quantitative estimate of drug-likeness (QED) is 0.533. The minimum atomic E-state index is 0.734. The Morgan fingerprint density at radius 3 is 2.57 bits per heavy atom. The maximum atomic E-state index is 4.35. The second-order valence-electron chi connectivity index (χ2n) is 5.46. The Kier molecular flexibility index (Phi) is 3.57. The van der Waals surface area contributed by atoms with Gasteiger partial charge < -0.3 is 9.13 Å². The number of benzene rings is 1. The molecule has 0 spiro atoms. The van der Waals surface area contributed by atoms with Gasteiger partial charge in [0.1, 0.15) is 6.54 Å². The Balaban J connectivity index is 1.92. The summed E-state index contributed by atoms with van der Waals surface area (Å²) >= 11 is 0. The van der Waals surface area contributed by atoms with Gasteiger partial charge in [0.2, 0.25) is 6.33 Å². The first kappa shape index (κ1) is 13.6. The lowest BCUT2D eigenvalue weighted by Crippen LogP contribution is -2.31. The first-order valence-corrected chi connectivity index (χ1v) is 7.12. The Bertz CT molecular complexity index is 734. The lowest BCUT2D eigenvalue weighted by Gasteiger charge is -2.12. The van der Waals surface area contributed by atoms with E-state index in [2.05, 4.69) is 48.8 Å². The number of hydrogen-bond acceptors (Lipinski definition) is 1. The monoisotopic (exact) mass is 277 g/mol.